The molecular weight excluding hydrogens is 305 g/mol. The standard InChI is InChI=1S/C4H8O3.Bi.3H/c5-3-1-2-4(6)7;;;;/h5H,1-3H2,(H,6,7);;;;. The summed E-state index contributed by atoms with van der Waals surface area (Å²) < 4.78 is 0. The Balaban J connectivity index is 0. The first-order valence-electron chi connectivity index (χ1n) is 2.10. The Kier molecular flexibility index (Phi) is 10.2. The van der Waals surface area contributed by atoms with Crippen molar-refractivity contribution in [1.82, 2.24) is 0 Å². The second-order valence-corrected chi connectivity index (χ2v) is 1.22. The molecule has 0 aliphatic heterocycles. The summed E-state index contributed by atoms with van der Waals surface area (Å²) in [4.78, 5) is 9.65. The molecule has 8 heavy (non-hydrogen) atoms. The molecule has 0 heterocycles. The Morgan fingerprint density at radius 3 is 2.12 bits per heavy atom. The number of carboxylic acids is 1. The fourth-order valence-electron chi connectivity index (χ4n) is 0.230. The number of hydrogen-bond donors (Lipinski definition) is 2. The van der Waals surface area contributed by atoms with Gasteiger partial charge in [0.25, 0.3) is 0 Å². The Bertz CT molecular complexity index is 64.3. The van der Waals surface area contributed by atoms with Gasteiger partial charge in [-0.3, -0.25) is 4.79 Å². The van der Waals surface area contributed by atoms with Crippen LogP contribution >= 0.6 is 0 Å². The van der Waals surface area contributed by atoms with Gasteiger partial charge in [-0.1, -0.05) is 0 Å². The molecular formula is C4H11BiO3. The number of rotatable bonds is 3. The van der Waals surface area contributed by atoms with Crippen molar-refractivity contribution < 1.29 is 15.0 Å². The van der Waals surface area contributed by atoms with Gasteiger partial charge in [-0.2, -0.15) is 0 Å². The van der Waals surface area contributed by atoms with Crippen molar-refractivity contribution in [2.75, 3.05) is 6.61 Å². The Labute approximate surface area is 66.8 Å². The fraction of sp³-hybridized carbons (Fsp3) is 0.750. The molecule has 0 unspecified atom stereocenters. The second kappa shape index (κ2) is 7.31. The average molecular weight is 316 g/mol. The first-order chi connectivity index (χ1) is 3.27. The summed E-state index contributed by atoms with van der Waals surface area (Å²) >= 11 is 0. The molecule has 0 saturated heterocycles. The number of aliphatic hydroxyl groups is 1. The van der Waals surface area contributed by atoms with Crippen molar-refractivity contribution in [3.63, 3.8) is 0 Å². The zero-order chi connectivity index (χ0) is 5.70. The predicted octanol–water partition coefficient (Wildman–Crippen LogP) is -1.34. The monoisotopic (exact) mass is 316 g/mol. The Morgan fingerprint density at radius 1 is 1.50 bits per heavy atom. The molecule has 0 aromatic carbocycles. The summed E-state index contributed by atoms with van der Waals surface area (Å²) in [5.74, 6) is -0.853. The number of aliphatic carboxylic acids is 1. The molecule has 0 aromatic heterocycles. The van der Waals surface area contributed by atoms with E-state index in [2.05, 4.69) is 0 Å². The van der Waals surface area contributed by atoms with Crippen molar-refractivity contribution >= 4 is 32.2 Å². The van der Waals surface area contributed by atoms with Gasteiger partial charge in [0, 0.05) is 13.0 Å². The maximum absolute atomic E-state index is 9.65. The molecule has 4 heteroatoms. The van der Waals surface area contributed by atoms with E-state index in [1.807, 2.05) is 0 Å². The Hall–Kier alpha value is 0.313. The van der Waals surface area contributed by atoms with E-state index in [0.29, 0.717) is 6.42 Å². The number of hydrogen-bond acceptors (Lipinski definition) is 2. The van der Waals surface area contributed by atoms with E-state index >= 15 is 0 Å². The van der Waals surface area contributed by atoms with E-state index in [1.54, 1.807) is 0 Å². The third-order valence-corrected chi connectivity index (χ3v) is 0.549. The fourth-order valence-corrected chi connectivity index (χ4v) is 0.230. The van der Waals surface area contributed by atoms with Crippen LogP contribution in [0.25, 0.3) is 0 Å². The van der Waals surface area contributed by atoms with E-state index in [-0.39, 0.29) is 39.2 Å². The molecule has 0 atom stereocenters. The van der Waals surface area contributed by atoms with Crippen LogP contribution in [-0.4, -0.2) is 49.0 Å². The molecule has 50 valence electrons. The van der Waals surface area contributed by atoms with Gasteiger partial charge in [0.05, 0.1) is 0 Å². The number of aliphatic hydroxyl groups excluding tert-OH is 1. The quantitative estimate of drug-likeness (QED) is 0.634. The molecule has 0 bridgehead atoms. The Morgan fingerprint density at radius 2 is 2.00 bits per heavy atom. The van der Waals surface area contributed by atoms with Crippen LogP contribution in [0.1, 0.15) is 12.8 Å². The normalized spacial score (nSPS) is 7.62. The molecule has 0 fully saturated rings. The van der Waals surface area contributed by atoms with Gasteiger partial charge in [0.1, 0.15) is 0 Å². The first-order valence-corrected chi connectivity index (χ1v) is 2.10. The topological polar surface area (TPSA) is 57.5 Å². The first kappa shape index (κ1) is 11.2. The third kappa shape index (κ3) is 9.58. The van der Waals surface area contributed by atoms with Crippen LogP contribution in [0.4, 0.5) is 0 Å². The van der Waals surface area contributed by atoms with E-state index in [4.69, 9.17) is 10.2 Å². The summed E-state index contributed by atoms with van der Waals surface area (Å²) in [5.41, 5.74) is 0. The number of carbonyl (C=O) groups is 1. The summed E-state index contributed by atoms with van der Waals surface area (Å²) in [7, 11) is 0. The molecule has 2 N–H and O–H groups in total. The summed E-state index contributed by atoms with van der Waals surface area (Å²) in [6.07, 6.45) is 0.422. The molecule has 0 spiro atoms. The molecule has 0 rings (SSSR count). The van der Waals surface area contributed by atoms with E-state index in [1.165, 1.54) is 0 Å². The van der Waals surface area contributed by atoms with Crippen LogP contribution in [0.15, 0.2) is 0 Å². The van der Waals surface area contributed by atoms with E-state index in [0.717, 1.165) is 0 Å². The second-order valence-electron chi connectivity index (χ2n) is 1.22. The maximum atomic E-state index is 9.65. The van der Waals surface area contributed by atoms with Crippen molar-refractivity contribution in [1.29, 1.82) is 0 Å². The van der Waals surface area contributed by atoms with Gasteiger partial charge in [-0.25, -0.2) is 0 Å². The van der Waals surface area contributed by atoms with Gasteiger partial charge >= 0.3 is 32.2 Å². The van der Waals surface area contributed by atoms with Crippen LogP contribution < -0.4 is 0 Å². The van der Waals surface area contributed by atoms with Gasteiger partial charge < -0.3 is 10.2 Å². The van der Waals surface area contributed by atoms with Crippen LogP contribution in [0.5, 0.6) is 0 Å². The molecule has 0 aromatic rings. The minimum atomic E-state index is -0.853. The van der Waals surface area contributed by atoms with Crippen LogP contribution in [0, 0.1) is 0 Å². The molecule has 0 saturated carbocycles. The van der Waals surface area contributed by atoms with Gasteiger partial charge in [-0.15, -0.1) is 0 Å². The van der Waals surface area contributed by atoms with Crippen molar-refractivity contribution in [3.8, 4) is 0 Å². The van der Waals surface area contributed by atoms with Crippen molar-refractivity contribution in [3.05, 3.63) is 0 Å². The molecule has 0 radical (unpaired) electrons. The predicted molar refractivity (Wildman–Crippen MR) is 33.9 cm³/mol. The van der Waals surface area contributed by atoms with Crippen molar-refractivity contribution in [2.24, 2.45) is 0 Å². The van der Waals surface area contributed by atoms with Gasteiger partial charge in [-0.05, 0) is 6.42 Å². The average Bonchev–Trinajstić information content (AvgIpc) is 1.61. The summed E-state index contributed by atoms with van der Waals surface area (Å²) in [6, 6.07) is 0. The number of carboxylic acid groups (broad SMARTS) is 1. The minimum absolute atomic E-state index is 0. The van der Waals surface area contributed by atoms with E-state index < -0.39 is 5.97 Å². The summed E-state index contributed by atoms with van der Waals surface area (Å²) in [6.45, 7) is -0.0354. The van der Waals surface area contributed by atoms with Gasteiger partial charge in [0.2, 0.25) is 0 Å². The van der Waals surface area contributed by atoms with Crippen molar-refractivity contribution in [2.45, 2.75) is 12.8 Å². The zero-order valence-corrected chi connectivity index (χ0v) is 10.1. The third-order valence-electron chi connectivity index (χ3n) is 0.549. The SMILES string of the molecule is O=C(O)CCCO.[BiH3]. The molecule has 0 amide bonds. The zero-order valence-electron chi connectivity index (χ0n) is 4.63. The van der Waals surface area contributed by atoms with Crippen LogP contribution in [0.3, 0.4) is 0 Å². The van der Waals surface area contributed by atoms with Gasteiger partial charge in [0.15, 0.2) is 0 Å². The molecule has 3 nitrogen and oxygen atoms in total. The molecule has 0 aliphatic carbocycles. The molecule has 0 aliphatic rings. The summed E-state index contributed by atoms with van der Waals surface area (Å²) in [5, 5.41) is 16.0. The van der Waals surface area contributed by atoms with Crippen LogP contribution in [0.2, 0.25) is 0 Å². The van der Waals surface area contributed by atoms with E-state index in [9.17, 15) is 4.79 Å². The van der Waals surface area contributed by atoms with Crippen LogP contribution in [-0.2, 0) is 4.79 Å².